The number of hydrogen-bond donors (Lipinski definition) is 1. The van der Waals surface area contributed by atoms with E-state index in [4.69, 9.17) is 9.47 Å². The predicted molar refractivity (Wildman–Crippen MR) is 80.6 cm³/mol. The van der Waals surface area contributed by atoms with Crippen LogP contribution in [0.1, 0.15) is 24.9 Å². The highest BCUT2D eigenvalue weighted by molar-refractivity contribution is 5.42. The predicted octanol–water partition coefficient (Wildman–Crippen LogP) is 2.04. The number of methoxy groups -OCH3 is 2. The van der Waals surface area contributed by atoms with E-state index in [0.717, 1.165) is 36.6 Å². The van der Waals surface area contributed by atoms with Crippen molar-refractivity contribution in [3.63, 3.8) is 0 Å². The molecule has 2 aromatic rings. The molecular formula is C15H22N4O2. The van der Waals surface area contributed by atoms with Gasteiger partial charge < -0.3 is 14.8 Å². The summed E-state index contributed by atoms with van der Waals surface area (Å²) < 4.78 is 12.5. The molecule has 0 bridgehead atoms. The van der Waals surface area contributed by atoms with Gasteiger partial charge in [-0.25, -0.2) is 0 Å². The van der Waals surface area contributed by atoms with E-state index in [0.29, 0.717) is 0 Å². The van der Waals surface area contributed by atoms with Crippen molar-refractivity contribution in [3.05, 3.63) is 36.2 Å². The smallest absolute Gasteiger partial charge is 0.123 e. The first-order chi connectivity index (χ1) is 10.2. The van der Waals surface area contributed by atoms with Crippen LogP contribution in [0.25, 0.3) is 0 Å². The fourth-order valence-corrected chi connectivity index (χ4v) is 2.20. The largest absolute Gasteiger partial charge is 0.497 e. The summed E-state index contributed by atoms with van der Waals surface area (Å²) in [5.41, 5.74) is 1.10. The molecule has 0 saturated heterocycles. The highest BCUT2D eigenvalue weighted by Crippen LogP contribution is 2.29. The van der Waals surface area contributed by atoms with Gasteiger partial charge in [-0.2, -0.15) is 0 Å². The standard InChI is InChI=1S/C15H22N4O2/c1-12(16-7-4-9-19-10-8-17-18-19)14-11-13(20-2)5-6-15(14)21-3/h5-6,8,10-12,16H,4,7,9H2,1-3H3. The monoisotopic (exact) mass is 290 g/mol. The lowest BCUT2D eigenvalue weighted by Crippen LogP contribution is -2.21. The van der Waals surface area contributed by atoms with Crippen molar-refractivity contribution in [3.8, 4) is 11.5 Å². The second-order valence-corrected chi connectivity index (χ2v) is 4.80. The van der Waals surface area contributed by atoms with E-state index in [9.17, 15) is 0 Å². The van der Waals surface area contributed by atoms with Gasteiger partial charge in [0.05, 0.1) is 20.4 Å². The number of nitrogens with zero attached hydrogens (tertiary/aromatic N) is 3. The van der Waals surface area contributed by atoms with E-state index in [1.54, 1.807) is 20.4 Å². The van der Waals surface area contributed by atoms with E-state index < -0.39 is 0 Å². The van der Waals surface area contributed by atoms with Crippen LogP contribution in [0.5, 0.6) is 11.5 Å². The van der Waals surface area contributed by atoms with Crippen molar-refractivity contribution in [2.45, 2.75) is 25.9 Å². The first-order valence-electron chi connectivity index (χ1n) is 7.04. The van der Waals surface area contributed by atoms with Crippen LogP contribution >= 0.6 is 0 Å². The molecule has 114 valence electrons. The van der Waals surface area contributed by atoms with Gasteiger partial charge in [0, 0.05) is 24.3 Å². The minimum absolute atomic E-state index is 0.186. The van der Waals surface area contributed by atoms with Gasteiger partial charge in [0.1, 0.15) is 11.5 Å². The normalized spacial score (nSPS) is 12.1. The van der Waals surface area contributed by atoms with Gasteiger partial charge in [0.15, 0.2) is 0 Å². The average Bonchev–Trinajstić information content (AvgIpc) is 3.04. The van der Waals surface area contributed by atoms with E-state index in [-0.39, 0.29) is 6.04 Å². The molecule has 1 unspecified atom stereocenters. The molecule has 1 atom stereocenters. The van der Waals surface area contributed by atoms with Crippen molar-refractivity contribution < 1.29 is 9.47 Å². The zero-order valence-electron chi connectivity index (χ0n) is 12.7. The van der Waals surface area contributed by atoms with Gasteiger partial charge in [0.25, 0.3) is 0 Å². The van der Waals surface area contributed by atoms with Gasteiger partial charge in [-0.3, -0.25) is 4.68 Å². The van der Waals surface area contributed by atoms with Crippen LogP contribution in [0.2, 0.25) is 0 Å². The minimum atomic E-state index is 0.186. The minimum Gasteiger partial charge on any atom is -0.497 e. The number of nitrogens with one attached hydrogen (secondary N) is 1. The Balaban J connectivity index is 1.88. The van der Waals surface area contributed by atoms with Crippen LogP contribution in [-0.2, 0) is 6.54 Å². The molecule has 0 aliphatic heterocycles. The molecule has 0 radical (unpaired) electrons. The molecule has 0 fully saturated rings. The summed E-state index contributed by atoms with van der Waals surface area (Å²) >= 11 is 0. The van der Waals surface area contributed by atoms with Gasteiger partial charge in [0.2, 0.25) is 0 Å². The Morgan fingerprint density at radius 1 is 1.29 bits per heavy atom. The third-order valence-corrected chi connectivity index (χ3v) is 3.39. The molecule has 0 amide bonds. The van der Waals surface area contributed by atoms with Crippen LogP contribution in [0.15, 0.2) is 30.6 Å². The Morgan fingerprint density at radius 2 is 2.14 bits per heavy atom. The number of aryl methyl sites for hydroxylation is 1. The molecule has 2 rings (SSSR count). The van der Waals surface area contributed by atoms with Crippen molar-refractivity contribution in [2.24, 2.45) is 0 Å². The maximum Gasteiger partial charge on any atom is 0.123 e. The van der Waals surface area contributed by atoms with Gasteiger partial charge in [-0.15, -0.1) is 5.10 Å². The molecule has 0 spiro atoms. The second kappa shape index (κ2) is 7.64. The van der Waals surface area contributed by atoms with Gasteiger partial charge in [-0.05, 0) is 38.1 Å². The third-order valence-electron chi connectivity index (χ3n) is 3.39. The molecule has 0 saturated carbocycles. The number of benzene rings is 1. The lowest BCUT2D eigenvalue weighted by atomic mass is 10.1. The Hall–Kier alpha value is -2.08. The van der Waals surface area contributed by atoms with Crippen molar-refractivity contribution >= 4 is 0 Å². The molecule has 0 aliphatic carbocycles. The first kappa shape index (κ1) is 15.3. The summed E-state index contributed by atoms with van der Waals surface area (Å²) in [5.74, 6) is 1.70. The number of ether oxygens (including phenoxy) is 2. The maximum atomic E-state index is 5.41. The second-order valence-electron chi connectivity index (χ2n) is 4.80. The van der Waals surface area contributed by atoms with Crippen LogP contribution < -0.4 is 14.8 Å². The highest BCUT2D eigenvalue weighted by atomic mass is 16.5. The SMILES string of the molecule is COc1ccc(OC)c(C(C)NCCCn2ccnn2)c1. The Morgan fingerprint density at radius 3 is 2.81 bits per heavy atom. The quantitative estimate of drug-likeness (QED) is 0.754. The molecule has 1 N–H and O–H groups in total. The van der Waals surface area contributed by atoms with Gasteiger partial charge >= 0.3 is 0 Å². The molecule has 1 heterocycles. The molecule has 0 aliphatic rings. The zero-order chi connectivity index (χ0) is 15.1. The van der Waals surface area contributed by atoms with Gasteiger partial charge in [-0.1, -0.05) is 5.21 Å². The Labute approximate surface area is 125 Å². The van der Waals surface area contributed by atoms with E-state index in [2.05, 4.69) is 22.6 Å². The summed E-state index contributed by atoms with van der Waals surface area (Å²) in [5, 5.41) is 11.2. The summed E-state index contributed by atoms with van der Waals surface area (Å²) in [6.07, 6.45) is 4.55. The van der Waals surface area contributed by atoms with Crippen molar-refractivity contribution in [1.82, 2.24) is 20.3 Å². The van der Waals surface area contributed by atoms with E-state index >= 15 is 0 Å². The van der Waals surface area contributed by atoms with Crippen molar-refractivity contribution in [2.75, 3.05) is 20.8 Å². The Bertz CT molecular complexity index is 543. The molecule has 1 aromatic heterocycles. The molecule has 6 heteroatoms. The average molecular weight is 290 g/mol. The highest BCUT2D eigenvalue weighted by Gasteiger charge is 2.12. The fourth-order valence-electron chi connectivity index (χ4n) is 2.20. The molecule has 1 aromatic carbocycles. The number of rotatable bonds is 8. The lowest BCUT2D eigenvalue weighted by molar-refractivity contribution is 0.390. The Kier molecular flexibility index (Phi) is 5.57. The molecule has 21 heavy (non-hydrogen) atoms. The summed E-state index contributed by atoms with van der Waals surface area (Å²) in [6.45, 7) is 3.86. The van der Waals surface area contributed by atoms with Crippen LogP contribution in [0.4, 0.5) is 0 Å². The summed E-state index contributed by atoms with van der Waals surface area (Å²) in [7, 11) is 3.35. The number of aromatic nitrogens is 3. The van der Waals surface area contributed by atoms with Crippen LogP contribution in [-0.4, -0.2) is 35.8 Å². The van der Waals surface area contributed by atoms with Crippen molar-refractivity contribution in [1.29, 1.82) is 0 Å². The topological polar surface area (TPSA) is 61.2 Å². The van der Waals surface area contributed by atoms with E-state index in [1.807, 2.05) is 29.1 Å². The summed E-state index contributed by atoms with van der Waals surface area (Å²) in [4.78, 5) is 0. The lowest BCUT2D eigenvalue weighted by Gasteiger charge is -2.18. The van der Waals surface area contributed by atoms with E-state index in [1.165, 1.54) is 0 Å². The molecule has 6 nitrogen and oxygen atoms in total. The number of hydrogen-bond acceptors (Lipinski definition) is 5. The van der Waals surface area contributed by atoms with Crippen LogP contribution in [0, 0.1) is 0 Å². The summed E-state index contributed by atoms with van der Waals surface area (Å²) in [6, 6.07) is 6.03. The van der Waals surface area contributed by atoms with Crippen LogP contribution in [0.3, 0.4) is 0 Å². The fraction of sp³-hybridized carbons (Fsp3) is 0.467. The zero-order valence-corrected chi connectivity index (χ0v) is 12.7. The molecular weight excluding hydrogens is 268 g/mol. The third kappa shape index (κ3) is 4.19. The first-order valence-corrected chi connectivity index (χ1v) is 7.04. The maximum absolute atomic E-state index is 5.41.